The van der Waals surface area contributed by atoms with Crippen molar-refractivity contribution in [3.05, 3.63) is 64.6 Å². The summed E-state index contributed by atoms with van der Waals surface area (Å²) >= 11 is 0. The zero-order valence-electron chi connectivity index (χ0n) is 21.0. The number of aromatic nitrogens is 2. The van der Waals surface area contributed by atoms with Crippen molar-refractivity contribution in [2.24, 2.45) is 4.99 Å². The third kappa shape index (κ3) is 7.80. The quantitative estimate of drug-likeness (QED) is 0.250. The minimum absolute atomic E-state index is 0.820. The minimum Gasteiger partial charge on any atom is -0.494 e. The van der Waals surface area contributed by atoms with E-state index in [1.807, 2.05) is 24.4 Å². The lowest BCUT2D eigenvalue weighted by molar-refractivity contribution is 0.303. The lowest BCUT2D eigenvalue weighted by Gasteiger charge is -2.04. The van der Waals surface area contributed by atoms with E-state index < -0.39 is 0 Å². The molecule has 0 saturated heterocycles. The molecule has 3 heterocycles. The Balaban J connectivity index is 1.72. The van der Waals surface area contributed by atoms with Crippen molar-refractivity contribution in [2.45, 2.75) is 97.3 Å². The lowest BCUT2D eigenvalue weighted by atomic mass is 10.0. The molecule has 0 spiro atoms. The monoisotopic (exact) mass is 449 g/mol. The van der Waals surface area contributed by atoms with E-state index in [1.165, 1.54) is 87.6 Å². The van der Waals surface area contributed by atoms with Crippen LogP contribution >= 0.6 is 0 Å². The number of methoxy groups -OCH3 is 1. The highest BCUT2D eigenvalue weighted by molar-refractivity contribution is 6.11. The molecule has 0 radical (unpaired) electrons. The number of H-pyrrole nitrogens is 2. The van der Waals surface area contributed by atoms with Gasteiger partial charge in [0.05, 0.1) is 18.5 Å². The van der Waals surface area contributed by atoms with Crippen LogP contribution in [-0.4, -0.2) is 22.8 Å². The van der Waals surface area contributed by atoms with Gasteiger partial charge in [-0.15, -0.1) is 0 Å². The Morgan fingerprint density at radius 1 is 0.909 bits per heavy atom. The predicted molar refractivity (Wildman–Crippen MR) is 141 cm³/mol. The summed E-state index contributed by atoms with van der Waals surface area (Å²) in [5, 5.41) is 0. The maximum atomic E-state index is 5.66. The van der Waals surface area contributed by atoms with Crippen LogP contribution in [0.5, 0.6) is 0 Å². The van der Waals surface area contributed by atoms with Crippen molar-refractivity contribution in [1.82, 2.24) is 9.97 Å². The van der Waals surface area contributed by atoms with Gasteiger partial charge in [0.25, 0.3) is 0 Å². The molecule has 3 rings (SSSR count). The highest BCUT2D eigenvalue weighted by Crippen LogP contribution is 2.27. The van der Waals surface area contributed by atoms with Crippen LogP contribution in [0.4, 0.5) is 0 Å². The molecule has 2 aromatic heterocycles. The Morgan fingerprint density at radius 3 is 2.27 bits per heavy atom. The van der Waals surface area contributed by atoms with Crippen molar-refractivity contribution >= 4 is 11.8 Å². The molecule has 0 fully saturated rings. The average molecular weight is 450 g/mol. The van der Waals surface area contributed by atoms with Gasteiger partial charge in [0.15, 0.2) is 0 Å². The van der Waals surface area contributed by atoms with Crippen LogP contribution in [0.2, 0.25) is 0 Å². The van der Waals surface area contributed by atoms with Crippen molar-refractivity contribution in [1.29, 1.82) is 0 Å². The van der Waals surface area contributed by atoms with Gasteiger partial charge in [0.1, 0.15) is 11.5 Å². The van der Waals surface area contributed by atoms with Crippen LogP contribution in [0.3, 0.4) is 0 Å². The molecule has 0 bridgehead atoms. The SMILES string of the molecule is CCCCCCCCc1cc(CCCCCCC)[nH]c1/C=C1\N=C(c2ccc[nH]2)C=C1OC. The van der Waals surface area contributed by atoms with Crippen molar-refractivity contribution < 1.29 is 4.74 Å². The molecule has 4 nitrogen and oxygen atoms in total. The summed E-state index contributed by atoms with van der Waals surface area (Å²) in [6.07, 6.45) is 22.9. The van der Waals surface area contributed by atoms with Gasteiger partial charge in [-0.25, -0.2) is 4.99 Å². The van der Waals surface area contributed by atoms with E-state index in [9.17, 15) is 0 Å². The number of hydrogen-bond donors (Lipinski definition) is 2. The number of nitrogens with zero attached hydrogens (tertiary/aromatic N) is 1. The second-order valence-electron chi connectivity index (χ2n) is 9.24. The maximum absolute atomic E-state index is 5.66. The van der Waals surface area contributed by atoms with Gasteiger partial charge >= 0.3 is 0 Å². The second kappa shape index (κ2) is 13.9. The number of allylic oxidation sites excluding steroid dienone is 1. The molecule has 0 atom stereocenters. The van der Waals surface area contributed by atoms with E-state index in [0.717, 1.165) is 35.7 Å². The van der Waals surface area contributed by atoms with Gasteiger partial charge in [-0.1, -0.05) is 71.6 Å². The van der Waals surface area contributed by atoms with Gasteiger partial charge in [-0.3, -0.25) is 0 Å². The average Bonchev–Trinajstić information content (AvgIpc) is 3.56. The summed E-state index contributed by atoms with van der Waals surface area (Å²) in [5.74, 6) is 0.820. The van der Waals surface area contributed by atoms with E-state index in [2.05, 4.69) is 36.0 Å². The van der Waals surface area contributed by atoms with E-state index in [4.69, 9.17) is 9.73 Å². The number of unbranched alkanes of at least 4 members (excludes halogenated alkanes) is 9. The van der Waals surface area contributed by atoms with Crippen LogP contribution in [0, 0.1) is 0 Å². The summed E-state index contributed by atoms with van der Waals surface area (Å²) in [7, 11) is 1.72. The van der Waals surface area contributed by atoms with Crippen LogP contribution in [0.25, 0.3) is 6.08 Å². The Morgan fingerprint density at radius 2 is 1.61 bits per heavy atom. The van der Waals surface area contributed by atoms with Gasteiger partial charge in [-0.05, 0) is 55.5 Å². The number of aliphatic imine (C=N–C) groups is 1. The first kappa shape index (κ1) is 25.1. The predicted octanol–water partition coefficient (Wildman–Crippen LogP) is 8.13. The van der Waals surface area contributed by atoms with Crippen molar-refractivity contribution in [3.63, 3.8) is 0 Å². The topological polar surface area (TPSA) is 53.2 Å². The highest BCUT2D eigenvalue weighted by Gasteiger charge is 2.18. The molecule has 2 aromatic rings. The zero-order valence-corrected chi connectivity index (χ0v) is 21.0. The fourth-order valence-corrected chi connectivity index (χ4v) is 4.51. The molecule has 33 heavy (non-hydrogen) atoms. The number of aromatic amines is 2. The van der Waals surface area contributed by atoms with Crippen LogP contribution in [0.15, 0.2) is 46.9 Å². The Labute approximate surface area is 200 Å². The number of ether oxygens (including phenoxy) is 1. The number of rotatable bonds is 16. The summed E-state index contributed by atoms with van der Waals surface area (Å²) < 4.78 is 5.66. The zero-order chi connectivity index (χ0) is 23.3. The van der Waals surface area contributed by atoms with E-state index in [1.54, 1.807) is 7.11 Å². The van der Waals surface area contributed by atoms with Gasteiger partial charge in [0, 0.05) is 23.7 Å². The first-order valence-electron chi connectivity index (χ1n) is 13.2. The molecule has 0 aromatic carbocycles. The largest absolute Gasteiger partial charge is 0.494 e. The van der Waals surface area contributed by atoms with Crippen LogP contribution in [0.1, 0.15) is 107 Å². The van der Waals surface area contributed by atoms with E-state index in [0.29, 0.717) is 0 Å². The van der Waals surface area contributed by atoms with Gasteiger partial charge in [-0.2, -0.15) is 0 Å². The third-order valence-electron chi connectivity index (χ3n) is 6.48. The summed E-state index contributed by atoms with van der Waals surface area (Å²) in [6.45, 7) is 4.55. The molecule has 0 unspecified atom stereocenters. The lowest BCUT2D eigenvalue weighted by Crippen LogP contribution is -1.93. The smallest absolute Gasteiger partial charge is 0.146 e. The number of hydrogen-bond acceptors (Lipinski definition) is 2. The first-order chi connectivity index (χ1) is 16.2. The minimum atomic E-state index is 0.820. The molecule has 1 aliphatic rings. The highest BCUT2D eigenvalue weighted by atomic mass is 16.5. The Hall–Kier alpha value is -2.49. The molecule has 4 heteroatoms. The van der Waals surface area contributed by atoms with Crippen LogP contribution < -0.4 is 0 Å². The molecule has 0 saturated carbocycles. The normalized spacial score (nSPS) is 14.7. The van der Waals surface area contributed by atoms with Crippen molar-refractivity contribution in [3.8, 4) is 0 Å². The van der Waals surface area contributed by atoms with E-state index in [-0.39, 0.29) is 0 Å². The maximum Gasteiger partial charge on any atom is 0.146 e. The standard InChI is InChI=1S/C29H43N3O/c1-4-6-8-10-12-13-16-23-20-24(17-14-11-9-7-5-2)31-26(23)21-28-29(33-3)22-27(32-28)25-18-15-19-30-25/h15,18-22,30-31H,4-14,16-17H2,1-3H3/b28-21-. The van der Waals surface area contributed by atoms with E-state index >= 15 is 0 Å². The summed E-state index contributed by atoms with van der Waals surface area (Å²) in [4.78, 5) is 11.8. The summed E-state index contributed by atoms with van der Waals surface area (Å²) in [5.41, 5.74) is 6.79. The Kier molecular flexibility index (Phi) is 10.6. The second-order valence-corrected chi connectivity index (χ2v) is 9.24. The van der Waals surface area contributed by atoms with Crippen molar-refractivity contribution in [2.75, 3.05) is 7.11 Å². The number of nitrogens with one attached hydrogen (secondary N) is 2. The first-order valence-corrected chi connectivity index (χ1v) is 13.2. The van der Waals surface area contributed by atoms with Gasteiger partial charge in [0.2, 0.25) is 0 Å². The molecular weight excluding hydrogens is 406 g/mol. The fraction of sp³-hybridized carbons (Fsp3) is 0.552. The Bertz CT molecular complexity index is 915. The fourth-order valence-electron chi connectivity index (χ4n) is 4.51. The molecule has 1 aliphatic heterocycles. The molecule has 2 N–H and O–H groups in total. The molecule has 0 aliphatic carbocycles. The number of aryl methyl sites for hydroxylation is 2. The molecular formula is C29H43N3O. The van der Waals surface area contributed by atoms with Gasteiger partial charge < -0.3 is 14.7 Å². The third-order valence-corrected chi connectivity index (χ3v) is 6.48. The van der Waals surface area contributed by atoms with Crippen LogP contribution in [-0.2, 0) is 17.6 Å². The molecule has 0 amide bonds. The summed E-state index contributed by atoms with van der Waals surface area (Å²) in [6, 6.07) is 6.44. The molecule has 180 valence electrons.